The van der Waals surface area contributed by atoms with E-state index in [1.165, 1.54) is 18.4 Å². The average Bonchev–Trinajstić information content (AvgIpc) is 2.48. The van der Waals surface area contributed by atoms with Crippen LogP contribution >= 0.6 is 0 Å². The summed E-state index contributed by atoms with van der Waals surface area (Å²) >= 11 is 0. The van der Waals surface area contributed by atoms with Gasteiger partial charge in [0.1, 0.15) is 5.75 Å². The Morgan fingerprint density at radius 3 is 2.32 bits per heavy atom. The molecule has 1 aromatic carbocycles. The molecule has 0 saturated carbocycles. The van der Waals surface area contributed by atoms with Gasteiger partial charge in [-0.1, -0.05) is 26.0 Å². The molecule has 0 bridgehead atoms. The normalized spacial score (nSPS) is 11.4. The second-order valence-corrected chi connectivity index (χ2v) is 6.51. The number of hydrogen-bond acceptors (Lipinski definition) is 3. The maximum Gasteiger partial charge on any atom is 0.119 e. The monoisotopic (exact) mass is 307 g/mol. The van der Waals surface area contributed by atoms with Crippen molar-refractivity contribution in [3.05, 3.63) is 29.8 Å². The van der Waals surface area contributed by atoms with E-state index in [9.17, 15) is 0 Å². The summed E-state index contributed by atoms with van der Waals surface area (Å²) in [7, 11) is 0. The highest BCUT2D eigenvalue weighted by Crippen LogP contribution is 2.13. The molecule has 0 radical (unpaired) electrons. The van der Waals surface area contributed by atoms with E-state index in [-0.39, 0.29) is 0 Å². The standard InChI is InChI=1S/C19H33NO2/c1-16(2)15-22-19-10-8-18(9-11-19)14-20-12-6-5-7-13-21-17(3)4/h8-11,16-17,20H,5-7,12-15H2,1-4H3. The minimum absolute atomic E-state index is 0.352. The van der Waals surface area contributed by atoms with Gasteiger partial charge in [-0.3, -0.25) is 0 Å². The highest BCUT2D eigenvalue weighted by atomic mass is 16.5. The second kappa shape index (κ2) is 11.5. The van der Waals surface area contributed by atoms with Gasteiger partial charge in [-0.15, -0.1) is 0 Å². The van der Waals surface area contributed by atoms with Gasteiger partial charge in [0.15, 0.2) is 0 Å². The van der Waals surface area contributed by atoms with Crippen molar-refractivity contribution in [1.82, 2.24) is 5.32 Å². The van der Waals surface area contributed by atoms with Crippen LogP contribution in [0, 0.1) is 5.92 Å². The van der Waals surface area contributed by atoms with E-state index in [2.05, 4.69) is 57.3 Å². The van der Waals surface area contributed by atoms with Gasteiger partial charge < -0.3 is 14.8 Å². The van der Waals surface area contributed by atoms with Crippen molar-refractivity contribution in [3.8, 4) is 5.75 Å². The maximum atomic E-state index is 5.69. The quantitative estimate of drug-likeness (QED) is 0.580. The van der Waals surface area contributed by atoms with E-state index in [0.29, 0.717) is 12.0 Å². The predicted octanol–water partition coefficient (Wildman–Crippen LogP) is 4.41. The Kier molecular flexibility index (Phi) is 9.93. The van der Waals surface area contributed by atoms with Crippen LogP contribution in [-0.2, 0) is 11.3 Å². The molecule has 3 heteroatoms. The first-order valence-corrected chi connectivity index (χ1v) is 8.62. The Morgan fingerprint density at radius 2 is 1.68 bits per heavy atom. The fourth-order valence-electron chi connectivity index (χ4n) is 2.05. The lowest BCUT2D eigenvalue weighted by atomic mass is 10.2. The maximum absolute atomic E-state index is 5.69. The molecule has 0 spiro atoms. The molecule has 1 rings (SSSR count). The second-order valence-electron chi connectivity index (χ2n) is 6.51. The van der Waals surface area contributed by atoms with Gasteiger partial charge in [0.25, 0.3) is 0 Å². The van der Waals surface area contributed by atoms with Crippen molar-refractivity contribution < 1.29 is 9.47 Å². The summed E-state index contributed by atoms with van der Waals surface area (Å²) in [5.41, 5.74) is 1.31. The lowest BCUT2D eigenvalue weighted by Crippen LogP contribution is -2.15. The summed E-state index contributed by atoms with van der Waals surface area (Å²) in [5, 5.41) is 3.49. The number of hydrogen-bond donors (Lipinski definition) is 1. The summed E-state index contributed by atoms with van der Waals surface area (Å²) in [5.74, 6) is 1.52. The summed E-state index contributed by atoms with van der Waals surface area (Å²) < 4.78 is 11.2. The molecule has 126 valence electrons. The first-order valence-electron chi connectivity index (χ1n) is 8.62. The Hall–Kier alpha value is -1.06. The first-order chi connectivity index (χ1) is 10.6. The van der Waals surface area contributed by atoms with E-state index in [1.54, 1.807) is 0 Å². The number of benzene rings is 1. The summed E-state index contributed by atoms with van der Waals surface area (Å²) in [6.45, 7) is 12.1. The number of rotatable bonds is 12. The minimum Gasteiger partial charge on any atom is -0.493 e. The third kappa shape index (κ3) is 9.80. The average molecular weight is 307 g/mol. The smallest absolute Gasteiger partial charge is 0.119 e. The van der Waals surface area contributed by atoms with E-state index in [0.717, 1.165) is 38.5 Å². The first kappa shape index (κ1) is 19.0. The van der Waals surface area contributed by atoms with Gasteiger partial charge in [-0.25, -0.2) is 0 Å². The van der Waals surface area contributed by atoms with Gasteiger partial charge in [-0.2, -0.15) is 0 Å². The van der Waals surface area contributed by atoms with Crippen LogP contribution in [0.25, 0.3) is 0 Å². The zero-order valence-corrected chi connectivity index (χ0v) is 14.7. The van der Waals surface area contributed by atoms with Gasteiger partial charge >= 0.3 is 0 Å². The molecule has 1 aromatic rings. The fraction of sp³-hybridized carbons (Fsp3) is 0.684. The lowest BCUT2D eigenvalue weighted by Gasteiger charge is -2.10. The third-order valence-electron chi connectivity index (χ3n) is 3.28. The third-order valence-corrected chi connectivity index (χ3v) is 3.28. The van der Waals surface area contributed by atoms with Crippen LogP contribution in [-0.4, -0.2) is 25.9 Å². The SMILES string of the molecule is CC(C)COc1ccc(CNCCCCCOC(C)C)cc1. The van der Waals surface area contributed by atoms with Crippen LogP contribution in [0.5, 0.6) is 5.75 Å². The molecule has 0 aromatic heterocycles. The molecule has 0 aliphatic carbocycles. The summed E-state index contributed by atoms with van der Waals surface area (Å²) in [6.07, 6.45) is 3.94. The van der Waals surface area contributed by atoms with Crippen LogP contribution < -0.4 is 10.1 Å². The van der Waals surface area contributed by atoms with Gasteiger partial charge in [0, 0.05) is 13.2 Å². The zero-order chi connectivity index (χ0) is 16.2. The summed E-state index contributed by atoms with van der Waals surface area (Å²) in [6, 6.07) is 8.39. The molecule has 0 aliphatic heterocycles. The molecule has 0 heterocycles. The van der Waals surface area contributed by atoms with E-state index >= 15 is 0 Å². The van der Waals surface area contributed by atoms with Crippen molar-refractivity contribution >= 4 is 0 Å². The number of ether oxygens (including phenoxy) is 2. The van der Waals surface area contributed by atoms with Crippen molar-refractivity contribution in [3.63, 3.8) is 0 Å². The zero-order valence-electron chi connectivity index (χ0n) is 14.7. The Labute approximate surface area is 136 Å². The van der Waals surface area contributed by atoms with E-state index in [1.807, 2.05) is 0 Å². The van der Waals surface area contributed by atoms with Crippen LogP contribution in [0.3, 0.4) is 0 Å². The number of nitrogens with one attached hydrogen (secondary N) is 1. The summed E-state index contributed by atoms with van der Waals surface area (Å²) in [4.78, 5) is 0. The van der Waals surface area contributed by atoms with Crippen molar-refractivity contribution in [2.24, 2.45) is 5.92 Å². The van der Waals surface area contributed by atoms with Crippen LogP contribution in [0.1, 0.15) is 52.5 Å². The molecule has 0 fully saturated rings. The van der Waals surface area contributed by atoms with Gasteiger partial charge in [0.2, 0.25) is 0 Å². The van der Waals surface area contributed by atoms with Crippen molar-refractivity contribution in [2.75, 3.05) is 19.8 Å². The Bertz CT molecular complexity index is 374. The van der Waals surface area contributed by atoms with Crippen LogP contribution in [0.4, 0.5) is 0 Å². The molecule has 22 heavy (non-hydrogen) atoms. The van der Waals surface area contributed by atoms with E-state index < -0.39 is 0 Å². The van der Waals surface area contributed by atoms with Crippen LogP contribution in [0.2, 0.25) is 0 Å². The van der Waals surface area contributed by atoms with Crippen molar-refractivity contribution in [1.29, 1.82) is 0 Å². The van der Waals surface area contributed by atoms with Crippen LogP contribution in [0.15, 0.2) is 24.3 Å². The molecule has 0 aliphatic rings. The molecule has 0 amide bonds. The molecule has 0 saturated heterocycles. The number of unbranched alkanes of at least 4 members (excludes halogenated alkanes) is 2. The molecule has 3 nitrogen and oxygen atoms in total. The highest BCUT2D eigenvalue weighted by molar-refractivity contribution is 5.27. The van der Waals surface area contributed by atoms with Gasteiger partial charge in [0.05, 0.1) is 12.7 Å². The molecular weight excluding hydrogens is 274 g/mol. The Morgan fingerprint density at radius 1 is 0.955 bits per heavy atom. The lowest BCUT2D eigenvalue weighted by molar-refractivity contribution is 0.0758. The topological polar surface area (TPSA) is 30.5 Å². The largest absolute Gasteiger partial charge is 0.493 e. The fourth-order valence-corrected chi connectivity index (χ4v) is 2.05. The van der Waals surface area contributed by atoms with E-state index in [4.69, 9.17) is 9.47 Å². The highest BCUT2D eigenvalue weighted by Gasteiger charge is 1.98. The van der Waals surface area contributed by atoms with Crippen molar-refractivity contribution in [2.45, 2.75) is 59.6 Å². The molecule has 1 N–H and O–H groups in total. The predicted molar refractivity (Wildman–Crippen MR) is 93.4 cm³/mol. The van der Waals surface area contributed by atoms with Gasteiger partial charge in [-0.05, 0) is 63.3 Å². The molecular formula is C19H33NO2. The Balaban J connectivity index is 2.05. The molecule has 0 atom stereocenters. The minimum atomic E-state index is 0.352. The molecule has 0 unspecified atom stereocenters.